The Labute approximate surface area is 184 Å². The molecule has 5 rings (SSSR count). The zero-order valence-corrected chi connectivity index (χ0v) is 18.3. The van der Waals surface area contributed by atoms with Crippen LogP contribution in [0.4, 0.5) is 0 Å². The lowest BCUT2D eigenvalue weighted by molar-refractivity contribution is 0.317. The number of amidine groups is 1. The van der Waals surface area contributed by atoms with Crippen LogP contribution in [0.3, 0.4) is 0 Å². The predicted octanol–water partition coefficient (Wildman–Crippen LogP) is 6.48. The zero-order chi connectivity index (χ0) is 19.8. The number of hydrogen-bond donors (Lipinski definition) is 0. The van der Waals surface area contributed by atoms with Crippen LogP contribution in [0.5, 0.6) is 0 Å². The Bertz CT molecular complexity index is 1040. The first-order valence-corrected chi connectivity index (χ1v) is 11.7. The van der Waals surface area contributed by atoms with Gasteiger partial charge in [0.2, 0.25) is 0 Å². The average molecular weight is 438 g/mol. The SMILES string of the molecule is C[C@@H]1CN2C(=N[C@@H](c3ccccn3)[C@@H]2c2ccccc2Sc2ccc(Cl)cc2)S1. The second kappa shape index (κ2) is 8.05. The van der Waals surface area contributed by atoms with Crippen molar-refractivity contribution in [2.45, 2.75) is 34.0 Å². The highest BCUT2D eigenvalue weighted by atomic mass is 35.5. The van der Waals surface area contributed by atoms with Crippen molar-refractivity contribution in [3.8, 4) is 0 Å². The number of halogens is 1. The monoisotopic (exact) mass is 437 g/mol. The second-order valence-electron chi connectivity index (χ2n) is 7.23. The molecular weight excluding hydrogens is 418 g/mol. The third-order valence-electron chi connectivity index (χ3n) is 5.16. The van der Waals surface area contributed by atoms with Gasteiger partial charge in [-0.1, -0.05) is 66.3 Å². The van der Waals surface area contributed by atoms with Crippen LogP contribution in [0.25, 0.3) is 0 Å². The average Bonchev–Trinajstić information content (AvgIpc) is 3.27. The molecule has 0 saturated carbocycles. The molecule has 0 radical (unpaired) electrons. The van der Waals surface area contributed by atoms with Gasteiger partial charge in [-0.3, -0.25) is 9.98 Å². The van der Waals surface area contributed by atoms with Crippen LogP contribution in [-0.2, 0) is 0 Å². The molecule has 29 heavy (non-hydrogen) atoms. The van der Waals surface area contributed by atoms with Gasteiger partial charge in [-0.05, 0) is 48.0 Å². The minimum atomic E-state index is 0.0122. The maximum atomic E-state index is 6.07. The number of aromatic nitrogens is 1. The second-order valence-corrected chi connectivity index (χ2v) is 10.2. The summed E-state index contributed by atoms with van der Waals surface area (Å²) in [6.45, 7) is 3.28. The van der Waals surface area contributed by atoms with Gasteiger partial charge in [0.25, 0.3) is 0 Å². The van der Waals surface area contributed by atoms with E-state index < -0.39 is 0 Å². The highest BCUT2D eigenvalue weighted by molar-refractivity contribution is 8.14. The molecule has 1 saturated heterocycles. The van der Waals surface area contributed by atoms with E-state index in [-0.39, 0.29) is 12.1 Å². The van der Waals surface area contributed by atoms with Crippen LogP contribution in [-0.4, -0.2) is 26.8 Å². The van der Waals surface area contributed by atoms with Gasteiger partial charge in [0.05, 0.1) is 11.7 Å². The van der Waals surface area contributed by atoms with Crippen molar-refractivity contribution < 1.29 is 0 Å². The van der Waals surface area contributed by atoms with Crippen molar-refractivity contribution in [1.29, 1.82) is 0 Å². The van der Waals surface area contributed by atoms with Crippen LogP contribution >= 0.6 is 35.1 Å². The Morgan fingerprint density at radius 1 is 1.03 bits per heavy atom. The number of hydrogen-bond acceptors (Lipinski definition) is 5. The van der Waals surface area contributed by atoms with E-state index in [2.05, 4.69) is 59.3 Å². The molecule has 6 heteroatoms. The molecule has 3 nitrogen and oxygen atoms in total. The molecule has 2 aromatic carbocycles. The maximum absolute atomic E-state index is 6.07. The van der Waals surface area contributed by atoms with Gasteiger partial charge in [-0.25, -0.2) is 0 Å². The highest BCUT2D eigenvalue weighted by Crippen LogP contribution is 2.49. The van der Waals surface area contributed by atoms with E-state index in [0.29, 0.717) is 5.25 Å². The first-order chi connectivity index (χ1) is 14.2. The number of pyridine rings is 1. The van der Waals surface area contributed by atoms with Crippen LogP contribution in [0, 0.1) is 0 Å². The van der Waals surface area contributed by atoms with Gasteiger partial charge in [-0.2, -0.15) is 0 Å². The van der Waals surface area contributed by atoms with Crippen molar-refractivity contribution in [2.75, 3.05) is 6.54 Å². The molecule has 0 unspecified atom stereocenters. The van der Waals surface area contributed by atoms with Crippen LogP contribution < -0.4 is 0 Å². The van der Waals surface area contributed by atoms with Gasteiger partial charge >= 0.3 is 0 Å². The fourth-order valence-electron chi connectivity index (χ4n) is 3.90. The molecule has 2 aliphatic heterocycles. The molecule has 1 aromatic heterocycles. The van der Waals surface area contributed by atoms with Crippen molar-refractivity contribution in [3.63, 3.8) is 0 Å². The van der Waals surface area contributed by atoms with Crippen molar-refractivity contribution in [2.24, 2.45) is 4.99 Å². The first kappa shape index (κ1) is 19.0. The Hall–Kier alpha value is -1.95. The largest absolute Gasteiger partial charge is 0.341 e. The number of benzene rings is 2. The number of rotatable bonds is 4. The van der Waals surface area contributed by atoms with E-state index in [1.165, 1.54) is 15.4 Å². The molecule has 3 atom stereocenters. The summed E-state index contributed by atoms with van der Waals surface area (Å²) in [5, 5.41) is 2.45. The molecule has 1 fully saturated rings. The smallest absolute Gasteiger partial charge is 0.160 e. The number of fused-ring (bicyclic) bond motifs is 1. The maximum Gasteiger partial charge on any atom is 0.160 e. The Balaban J connectivity index is 1.55. The summed E-state index contributed by atoms with van der Waals surface area (Å²) in [4.78, 5) is 14.6. The summed E-state index contributed by atoms with van der Waals surface area (Å²) in [6, 6.07) is 23.0. The van der Waals surface area contributed by atoms with E-state index in [0.717, 1.165) is 22.4 Å². The first-order valence-electron chi connectivity index (χ1n) is 9.63. The fourth-order valence-corrected chi connectivity index (χ4v) is 6.10. The third kappa shape index (κ3) is 3.79. The Morgan fingerprint density at radius 3 is 2.62 bits per heavy atom. The minimum absolute atomic E-state index is 0.0122. The van der Waals surface area contributed by atoms with E-state index in [1.807, 2.05) is 42.2 Å². The highest BCUT2D eigenvalue weighted by Gasteiger charge is 2.44. The van der Waals surface area contributed by atoms with Crippen LogP contribution in [0.2, 0.25) is 5.02 Å². The van der Waals surface area contributed by atoms with Gasteiger partial charge in [0.1, 0.15) is 6.04 Å². The molecular formula is C23H20ClN3S2. The molecule has 0 N–H and O–H groups in total. The summed E-state index contributed by atoms with van der Waals surface area (Å²) >= 11 is 9.72. The quantitative estimate of drug-likeness (QED) is 0.467. The summed E-state index contributed by atoms with van der Waals surface area (Å²) in [5.74, 6) is 0. The zero-order valence-electron chi connectivity index (χ0n) is 15.9. The number of aliphatic imine (C=N–C) groups is 1. The molecule has 0 bridgehead atoms. The number of nitrogens with zero attached hydrogens (tertiary/aromatic N) is 3. The van der Waals surface area contributed by atoms with E-state index in [4.69, 9.17) is 16.6 Å². The van der Waals surface area contributed by atoms with Gasteiger partial charge in [0.15, 0.2) is 5.17 Å². The topological polar surface area (TPSA) is 28.5 Å². The summed E-state index contributed by atoms with van der Waals surface area (Å²) in [7, 11) is 0. The van der Waals surface area contributed by atoms with E-state index in [1.54, 1.807) is 11.8 Å². The summed E-state index contributed by atoms with van der Waals surface area (Å²) < 4.78 is 0. The van der Waals surface area contributed by atoms with E-state index in [9.17, 15) is 0 Å². The fraction of sp³-hybridized carbons (Fsp3) is 0.217. The predicted molar refractivity (Wildman–Crippen MR) is 123 cm³/mol. The lowest BCUT2D eigenvalue weighted by atomic mass is 9.96. The molecule has 2 aliphatic rings. The molecule has 0 amide bonds. The van der Waals surface area contributed by atoms with Crippen LogP contribution in [0.15, 0.2) is 87.7 Å². The van der Waals surface area contributed by atoms with Gasteiger partial charge in [-0.15, -0.1) is 0 Å². The summed E-state index contributed by atoms with van der Waals surface area (Å²) in [6.07, 6.45) is 1.86. The molecule has 0 aliphatic carbocycles. The minimum Gasteiger partial charge on any atom is -0.341 e. The van der Waals surface area contributed by atoms with Crippen LogP contribution in [0.1, 0.15) is 30.3 Å². The molecule has 0 spiro atoms. The van der Waals surface area contributed by atoms with Crippen molar-refractivity contribution >= 4 is 40.3 Å². The van der Waals surface area contributed by atoms with E-state index >= 15 is 0 Å². The third-order valence-corrected chi connectivity index (χ3v) is 7.61. The standard InChI is InChI=1S/C23H20ClN3S2/c1-15-14-27-22(21(26-23(27)28-15)19-7-4-5-13-25-19)18-6-2-3-8-20(18)29-17-11-9-16(24)10-12-17/h2-13,15,21-22H,14H2,1H3/t15-,21+,22+/m1/s1. The lowest BCUT2D eigenvalue weighted by Gasteiger charge is -2.29. The Morgan fingerprint density at radius 2 is 1.83 bits per heavy atom. The normalized spacial score (nSPS) is 23.2. The lowest BCUT2D eigenvalue weighted by Crippen LogP contribution is -2.28. The van der Waals surface area contributed by atoms with Gasteiger partial charge in [0, 0.05) is 32.8 Å². The van der Waals surface area contributed by atoms with Crippen molar-refractivity contribution in [3.05, 3.63) is 89.2 Å². The molecule has 3 aromatic rings. The number of thioether (sulfide) groups is 1. The van der Waals surface area contributed by atoms with Crippen molar-refractivity contribution in [1.82, 2.24) is 9.88 Å². The Kier molecular flexibility index (Phi) is 5.29. The van der Waals surface area contributed by atoms with Gasteiger partial charge < -0.3 is 4.90 Å². The summed E-state index contributed by atoms with van der Waals surface area (Å²) in [5.41, 5.74) is 2.33. The molecule has 3 heterocycles. The molecule has 146 valence electrons.